The Morgan fingerprint density at radius 3 is 1.49 bits per heavy atom. The third kappa shape index (κ3) is 5.49. The lowest BCUT2D eigenvalue weighted by Gasteiger charge is -2.40. The summed E-state index contributed by atoms with van der Waals surface area (Å²) in [6, 6.07) is 44.5. The lowest BCUT2D eigenvalue weighted by atomic mass is 9.82. The largest absolute Gasteiger partial charge is 0.346 e. The van der Waals surface area contributed by atoms with E-state index in [1.54, 1.807) is 0 Å². The summed E-state index contributed by atoms with van der Waals surface area (Å²) in [6.45, 7) is 0. The van der Waals surface area contributed by atoms with Crippen molar-refractivity contribution in [3.05, 3.63) is 121 Å². The third-order valence-corrected chi connectivity index (χ3v) is 16.4. The van der Waals surface area contributed by atoms with E-state index in [0.717, 1.165) is 13.9 Å². The molecule has 37 heavy (non-hydrogen) atoms. The average molecular weight is 541 g/mol. The summed E-state index contributed by atoms with van der Waals surface area (Å²) in [5, 5.41) is 5.71. The minimum absolute atomic E-state index is 0.326. The van der Waals surface area contributed by atoms with Gasteiger partial charge in [-0.3, -0.25) is 0 Å². The molecule has 0 aromatic heterocycles. The third-order valence-electron chi connectivity index (χ3n) is 8.11. The molecule has 4 aromatic carbocycles. The second kappa shape index (κ2) is 11.9. The van der Waals surface area contributed by atoms with E-state index in [0.29, 0.717) is 11.5 Å². The lowest BCUT2D eigenvalue weighted by molar-refractivity contribution is 0.0983. The van der Waals surface area contributed by atoms with E-state index in [-0.39, 0.29) is 7.61 Å². The van der Waals surface area contributed by atoms with Crippen molar-refractivity contribution in [1.82, 2.24) is 0 Å². The van der Waals surface area contributed by atoms with E-state index in [9.17, 15) is 0 Å². The Bertz CT molecular complexity index is 1070. The zero-order chi connectivity index (χ0) is 24.9. The molecule has 0 radical (unpaired) electrons. The van der Waals surface area contributed by atoms with Crippen molar-refractivity contribution in [3.63, 3.8) is 0 Å². The fraction of sp³-hybridized carbons (Fsp3) is 0.273. The highest BCUT2D eigenvalue weighted by molar-refractivity contribution is 8.28. The van der Waals surface area contributed by atoms with Gasteiger partial charge in [-0.2, -0.15) is 0 Å². The van der Waals surface area contributed by atoms with Gasteiger partial charge in [0.05, 0.1) is 14.3 Å². The zero-order valence-electron chi connectivity index (χ0n) is 21.2. The summed E-state index contributed by atoms with van der Waals surface area (Å²) >= 11 is 0. The molecule has 2 aliphatic carbocycles. The van der Waals surface area contributed by atoms with E-state index in [4.69, 9.17) is 4.52 Å². The number of benzene rings is 4. The van der Waals surface area contributed by atoms with Gasteiger partial charge in [-0.25, -0.2) is 0 Å². The van der Waals surface area contributed by atoms with E-state index in [1.807, 2.05) is 0 Å². The molecule has 4 atom stereocenters. The number of hydrogen-bond acceptors (Lipinski definition) is 1. The fourth-order valence-electron chi connectivity index (χ4n) is 6.33. The van der Waals surface area contributed by atoms with E-state index in [1.165, 1.54) is 59.7 Å². The number of rotatable bonds is 8. The quantitative estimate of drug-likeness (QED) is 0.207. The Hall–Kier alpha value is -1.87. The molecule has 0 bridgehead atoms. The Balaban J connectivity index is 1.31. The van der Waals surface area contributed by atoms with Crippen LogP contribution in [0.4, 0.5) is 0 Å². The second-order valence-electron chi connectivity index (χ2n) is 10.3. The van der Waals surface area contributed by atoms with E-state index < -0.39 is 8.15 Å². The van der Waals surface area contributed by atoms with Crippen molar-refractivity contribution in [1.29, 1.82) is 0 Å². The van der Waals surface area contributed by atoms with Crippen LogP contribution in [0.1, 0.15) is 38.5 Å². The van der Waals surface area contributed by atoms with Crippen molar-refractivity contribution in [2.45, 2.75) is 50.3 Å². The highest BCUT2D eigenvalue weighted by atomic mass is 32.0. The molecule has 2 aliphatic rings. The van der Waals surface area contributed by atoms with Crippen LogP contribution in [0.2, 0.25) is 0 Å². The molecule has 4 aromatic rings. The zero-order valence-corrected chi connectivity index (χ0v) is 24.0. The van der Waals surface area contributed by atoms with E-state index >= 15 is 0 Å². The molecule has 1 spiro atoms. The molecule has 0 heterocycles. The average Bonchev–Trinajstić information content (AvgIpc) is 3.58. The summed E-state index contributed by atoms with van der Waals surface area (Å²) in [6.07, 6.45) is 8.21. The fourth-order valence-corrected chi connectivity index (χ4v) is 15.1. The first kappa shape index (κ1) is 25.4. The van der Waals surface area contributed by atoms with Gasteiger partial charge in [-0.1, -0.05) is 142 Å². The summed E-state index contributed by atoms with van der Waals surface area (Å²) in [7, 11) is -0.232. The highest BCUT2D eigenvalue weighted by Gasteiger charge is 2.53. The minimum atomic E-state index is -0.823. The summed E-state index contributed by atoms with van der Waals surface area (Å²) in [5.41, 5.74) is 1.07. The Kier molecular flexibility index (Phi) is 8.17. The van der Waals surface area contributed by atoms with Gasteiger partial charge in [-0.05, 0) is 49.6 Å². The molecular formula is C33H35OP3. The maximum Gasteiger partial charge on any atom is 0.0921 e. The van der Waals surface area contributed by atoms with Gasteiger partial charge in [-0.15, -0.1) is 0 Å². The predicted octanol–water partition coefficient (Wildman–Crippen LogP) is 7.87. The maximum atomic E-state index is 7.32. The molecule has 2 fully saturated rings. The highest BCUT2D eigenvalue weighted by Crippen LogP contribution is 2.67. The van der Waals surface area contributed by atoms with Gasteiger partial charge >= 0.3 is 0 Å². The van der Waals surface area contributed by atoms with Crippen LogP contribution in [0.15, 0.2) is 121 Å². The molecule has 0 N–H and O–H groups in total. The van der Waals surface area contributed by atoms with Crippen LogP contribution in [0.3, 0.4) is 0 Å². The number of hydrogen-bond donors (Lipinski definition) is 0. The van der Waals surface area contributed by atoms with Gasteiger partial charge < -0.3 is 4.52 Å². The van der Waals surface area contributed by atoms with E-state index in [2.05, 4.69) is 121 Å². The monoisotopic (exact) mass is 540 g/mol. The smallest absolute Gasteiger partial charge is 0.0921 e. The van der Waals surface area contributed by atoms with Crippen LogP contribution in [-0.2, 0) is 4.52 Å². The molecule has 1 nitrogen and oxygen atoms in total. The van der Waals surface area contributed by atoms with Crippen LogP contribution in [0.25, 0.3) is 0 Å². The van der Waals surface area contributed by atoms with Crippen molar-refractivity contribution in [2.24, 2.45) is 5.41 Å². The van der Waals surface area contributed by atoms with Gasteiger partial charge in [0.1, 0.15) is 0 Å². The molecule has 1 unspecified atom stereocenters. The van der Waals surface area contributed by atoms with Gasteiger partial charge in [0, 0.05) is 16.0 Å². The molecule has 2 saturated carbocycles. The molecule has 0 saturated heterocycles. The second-order valence-corrected chi connectivity index (χ2v) is 16.9. The van der Waals surface area contributed by atoms with Crippen molar-refractivity contribution < 1.29 is 4.52 Å². The van der Waals surface area contributed by atoms with Gasteiger partial charge in [0.2, 0.25) is 0 Å². The molecular weight excluding hydrogens is 505 g/mol. The molecule has 0 aliphatic heterocycles. The molecule has 6 rings (SSSR count). The first-order valence-electron chi connectivity index (χ1n) is 13.6. The van der Waals surface area contributed by atoms with Crippen LogP contribution >= 0.6 is 24.0 Å². The SMILES string of the molecule is c1ccc(P(O[C@H]2CCC[C@]23CCC[C@H]3PP(c2ccccc2)c2ccccc2)c2ccccc2)cc1. The summed E-state index contributed by atoms with van der Waals surface area (Å²) < 4.78 is 7.32. The van der Waals surface area contributed by atoms with Crippen molar-refractivity contribution in [3.8, 4) is 0 Å². The Labute approximate surface area is 226 Å². The topological polar surface area (TPSA) is 9.23 Å². The normalized spacial score (nSPS) is 23.6. The molecule has 4 heteroatoms. The Morgan fingerprint density at radius 2 is 1.00 bits per heavy atom. The molecule has 0 amide bonds. The van der Waals surface area contributed by atoms with Crippen LogP contribution < -0.4 is 21.2 Å². The standard InChI is InChI=1S/C33H35OP3/c1-5-15-27(16-6-1)36(28-17-7-2-8-18-28)34-31-23-13-25-33(31)26-14-24-32(33)35-37(29-19-9-3-10-20-29)30-21-11-4-12-22-30/h1-12,15-22,31-32,35H,13-14,23-26H2/t31-,32+,33-/m0/s1. The van der Waals surface area contributed by atoms with Crippen molar-refractivity contribution >= 4 is 45.2 Å². The van der Waals surface area contributed by atoms with Gasteiger partial charge in [0.15, 0.2) is 0 Å². The predicted molar refractivity (Wildman–Crippen MR) is 165 cm³/mol. The van der Waals surface area contributed by atoms with Crippen LogP contribution in [0.5, 0.6) is 0 Å². The first-order chi connectivity index (χ1) is 18.3. The van der Waals surface area contributed by atoms with Gasteiger partial charge in [0.25, 0.3) is 0 Å². The Morgan fingerprint density at radius 1 is 0.568 bits per heavy atom. The first-order valence-corrected chi connectivity index (χ1v) is 18.1. The van der Waals surface area contributed by atoms with Crippen LogP contribution in [0, 0.1) is 5.41 Å². The molecule has 188 valence electrons. The lowest BCUT2D eigenvalue weighted by Crippen LogP contribution is -2.37. The summed E-state index contributed by atoms with van der Waals surface area (Å²) in [4.78, 5) is 0. The summed E-state index contributed by atoms with van der Waals surface area (Å²) in [5.74, 6) is 0. The minimum Gasteiger partial charge on any atom is -0.346 e. The maximum absolute atomic E-state index is 7.32. The van der Waals surface area contributed by atoms with Crippen molar-refractivity contribution in [2.75, 3.05) is 0 Å². The van der Waals surface area contributed by atoms with Crippen LogP contribution in [-0.4, -0.2) is 11.8 Å².